The summed E-state index contributed by atoms with van der Waals surface area (Å²) in [4.78, 5) is 9.77. The van der Waals surface area contributed by atoms with Crippen LogP contribution in [-0.2, 0) is 6.54 Å². The van der Waals surface area contributed by atoms with E-state index in [1.165, 1.54) is 4.90 Å². The van der Waals surface area contributed by atoms with E-state index in [4.69, 9.17) is 4.52 Å². The van der Waals surface area contributed by atoms with Gasteiger partial charge in [-0.15, -0.1) is 0 Å². The number of alkyl halides is 3. The van der Waals surface area contributed by atoms with Crippen LogP contribution in [0.3, 0.4) is 0 Å². The monoisotopic (exact) mass is 334 g/mol. The van der Waals surface area contributed by atoms with Gasteiger partial charge in [-0.1, -0.05) is 5.16 Å². The van der Waals surface area contributed by atoms with Gasteiger partial charge in [-0.05, 0) is 13.3 Å². The smallest absolute Gasteiger partial charge is 0.357 e. The average Bonchev–Trinajstić information content (AvgIpc) is 3.04. The van der Waals surface area contributed by atoms with Crippen LogP contribution in [0.1, 0.15) is 25.1 Å². The third kappa shape index (κ3) is 6.05. The summed E-state index contributed by atoms with van der Waals surface area (Å²) < 4.78 is 42.1. The van der Waals surface area contributed by atoms with Gasteiger partial charge in [0, 0.05) is 32.6 Å². The van der Waals surface area contributed by atoms with Gasteiger partial charge in [-0.2, -0.15) is 18.2 Å². The molecular weight excluding hydrogens is 313 g/mol. The van der Waals surface area contributed by atoms with Crippen LogP contribution in [0.15, 0.2) is 9.52 Å². The predicted octanol–water partition coefficient (Wildman–Crippen LogP) is 1.07. The highest BCUT2D eigenvalue weighted by Crippen LogP contribution is 2.19. The van der Waals surface area contributed by atoms with E-state index in [-0.39, 0.29) is 12.6 Å². The summed E-state index contributed by atoms with van der Waals surface area (Å²) >= 11 is 0. The van der Waals surface area contributed by atoms with Crippen molar-refractivity contribution in [2.75, 3.05) is 26.2 Å². The maximum absolute atomic E-state index is 12.4. The fourth-order valence-electron chi connectivity index (χ4n) is 2.42. The van der Waals surface area contributed by atoms with Gasteiger partial charge in [0.25, 0.3) is 0 Å². The van der Waals surface area contributed by atoms with Crippen LogP contribution >= 0.6 is 0 Å². The molecule has 1 saturated heterocycles. The molecule has 0 saturated carbocycles. The standard InChI is InChI=1S/C13H21F3N6O/c1-3-17-12(18-6-11-19-9(2)23-21-11)20-10-4-5-22(7-10)8-13(14,15)16/h10H,3-8H2,1-2H3,(H2,17,18,20). The van der Waals surface area contributed by atoms with Crippen LogP contribution < -0.4 is 10.6 Å². The van der Waals surface area contributed by atoms with E-state index in [0.29, 0.717) is 43.7 Å². The second-order valence-corrected chi connectivity index (χ2v) is 5.41. The minimum atomic E-state index is -4.16. The van der Waals surface area contributed by atoms with Gasteiger partial charge in [0.05, 0.1) is 6.54 Å². The van der Waals surface area contributed by atoms with Gasteiger partial charge in [-0.3, -0.25) is 4.90 Å². The van der Waals surface area contributed by atoms with Crippen molar-refractivity contribution in [3.8, 4) is 0 Å². The minimum absolute atomic E-state index is 0.0674. The van der Waals surface area contributed by atoms with Gasteiger partial charge in [-0.25, -0.2) is 4.99 Å². The zero-order valence-corrected chi connectivity index (χ0v) is 13.2. The van der Waals surface area contributed by atoms with Crippen molar-refractivity contribution in [2.24, 2.45) is 4.99 Å². The van der Waals surface area contributed by atoms with Gasteiger partial charge in [0.2, 0.25) is 5.89 Å². The van der Waals surface area contributed by atoms with Crippen molar-refractivity contribution in [3.63, 3.8) is 0 Å². The Morgan fingerprint density at radius 3 is 2.87 bits per heavy atom. The van der Waals surface area contributed by atoms with Crippen molar-refractivity contribution >= 4 is 5.96 Å². The molecule has 1 aliphatic rings. The maximum Gasteiger partial charge on any atom is 0.401 e. The molecule has 1 fully saturated rings. The second-order valence-electron chi connectivity index (χ2n) is 5.41. The van der Waals surface area contributed by atoms with E-state index in [2.05, 4.69) is 25.8 Å². The lowest BCUT2D eigenvalue weighted by atomic mass is 10.3. The molecule has 1 aromatic rings. The molecule has 1 unspecified atom stereocenters. The van der Waals surface area contributed by atoms with Crippen molar-refractivity contribution in [2.45, 2.75) is 39.0 Å². The SMILES string of the molecule is CCNC(=NCc1noc(C)n1)NC1CCN(CC(F)(F)F)C1. The predicted molar refractivity (Wildman–Crippen MR) is 77.9 cm³/mol. The Balaban J connectivity index is 1.87. The van der Waals surface area contributed by atoms with E-state index in [0.717, 1.165) is 0 Å². The summed E-state index contributed by atoms with van der Waals surface area (Å²) in [5.41, 5.74) is 0. The quantitative estimate of drug-likeness (QED) is 0.619. The number of nitrogens with one attached hydrogen (secondary N) is 2. The largest absolute Gasteiger partial charge is 0.401 e. The number of guanidine groups is 1. The fourth-order valence-corrected chi connectivity index (χ4v) is 2.42. The van der Waals surface area contributed by atoms with Crippen LogP contribution in [0, 0.1) is 6.92 Å². The summed E-state index contributed by atoms with van der Waals surface area (Å²) in [5, 5.41) is 9.97. The van der Waals surface area contributed by atoms with Crippen molar-refractivity contribution in [1.29, 1.82) is 0 Å². The minimum Gasteiger partial charge on any atom is -0.357 e. The average molecular weight is 334 g/mol. The molecule has 0 aromatic carbocycles. The molecule has 2 N–H and O–H groups in total. The Hall–Kier alpha value is -1.84. The Labute approximate surface area is 132 Å². The summed E-state index contributed by atoms with van der Waals surface area (Å²) in [5.74, 6) is 1.46. The van der Waals surface area contributed by atoms with E-state index in [1.54, 1.807) is 6.92 Å². The lowest BCUT2D eigenvalue weighted by Gasteiger charge is -2.19. The molecular formula is C13H21F3N6O. The van der Waals surface area contributed by atoms with Gasteiger partial charge in [0.1, 0.15) is 6.54 Å². The summed E-state index contributed by atoms with van der Waals surface area (Å²) in [6.07, 6.45) is -3.52. The van der Waals surface area contributed by atoms with Crippen molar-refractivity contribution in [1.82, 2.24) is 25.7 Å². The highest BCUT2D eigenvalue weighted by molar-refractivity contribution is 5.80. The molecule has 130 valence electrons. The molecule has 2 heterocycles. The van der Waals surface area contributed by atoms with Crippen LogP contribution in [-0.4, -0.2) is 59.4 Å². The van der Waals surface area contributed by atoms with Gasteiger partial charge >= 0.3 is 6.18 Å². The third-order valence-electron chi connectivity index (χ3n) is 3.31. The highest BCUT2D eigenvalue weighted by Gasteiger charge is 2.34. The van der Waals surface area contributed by atoms with Crippen molar-refractivity contribution < 1.29 is 17.7 Å². The summed E-state index contributed by atoms with van der Waals surface area (Å²) in [7, 11) is 0. The Morgan fingerprint density at radius 1 is 1.48 bits per heavy atom. The molecule has 0 aliphatic carbocycles. The van der Waals surface area contributed by atoms with E-state index in [9.17, 15) is 13.2 Å². The first kappa shape index (κ1) is 17.5. The molecule has 2 rings (SSSR count). The molecule has 0 amide bonds. The number of hydrogen-bond donors (Lipinski definition) is 2. The number of likely N-dealkylation sites (tertiary alicyclic amines) is 1. The molecule has 7 nitrogen and oxygen atoms in total. The van der Waals surface area contributed by atoms with Crippen LogP contribution in [0.5, 0.6) is 0 Å². The van der Waals surface area contributed by atoms with Gasteiger partial charge < -0.3 is 15.2 Å². The summed E-state index contributed by atoms with van der Waals surface area (Å²) in [6, 6.07) is -0.0674. The number of aryl methyl sites for hydroxylation is 1. The van der Waals surface area contributed by atoms with E-state index >= 15 is 0 Å². The molecule has 0 bridgehead atoms. The molecule has 23 heavy (non-hydrogen) atoms. The van der Waals surface area contributed by atoms with E-state index < -0.39 is 12.7 Å². The molecule has 1 atom stereocenters. The number of aliphatic imine (C=N–C) groups is 1. The first-order chi connectivity index (χ1) is 10.9. The lowest BCUT2D eigenvalue weighted by molar-refractivity contribution is -0.143. The lowest BCUT2D eigenvalue weighted by Crippen LogP contribution is -2.45. The Morgan fingerprint density at radius 2 is 2.26 bits per heavy atom. The Kier molecular flexibility index (Phi) is 5.80. The third-order valence-corrected chi connectivity index (χ3v) is 3.31. The Bertz CT molecular complexity index is 530. The molecule has 1 aromatic heterocycles. The highest BCUT2D eigenvalue weighted by atomic mass is 19.4. The van der Waals surface area contributed by atoms with Crippen LogP contribution in [0.25, 0.3) is 0 Å². The van der Waals surface area contributed by atoms with E-state index in [1.807, 2.05) is 6.92 Å². The normalized spacial score (nSPS) is 20.0. The zero-order valence-electron chi connectivity index (χ0n) is 13.2. The maximum atomic E-state index is 12.4. The molecule has 0 radical (unpaired) electrons. The van der Waals surface area contributed by atoms with Crippen molar-refractivity contribution in [3.05, 3.63) is 11.7 Å². The van der Waals surface area contributed by atoms with Crippen LogP contribution in [0.4, 0.5) is 13.2 Å². The first-order valence-electron chi connectivity index (χ1n) is 7.49. The number of rotatable bonds is 5. The topological polar surface area (TPSA) is 78.6 Å². The molecule has 10 heteroatoms. The summed E-state index contributed by atoms with van der Waals surface area (Å²) in [6.45, 7) is 4.38. The number of hydrogen-bond acceptors (Lipinski definition) is 5. The number of halogens is 3. The first-order valence-corrected chi connectivity index (χ1v) is 7.49. The zero-order chi connectivity index (χ0) is 16.9. The second kappa shape index (κ2) is 7.62. The number of nitrogens with zero attached hydrogens (tertiary/aromatic N) is 4. The number of aromatic nitrogens is 2. The van der Waals surface area contributed by atoms with Gasteiger partial charge in [0.15, 0.2) is 11.8 Å². The molecule has 0 spiro atoms. The fraction of sp³-hybridized carbons (Fsp3) is 0.769. The molecule has 1 aliphatic heterocycles. The van der Waals surface area contributed by atoms with Crippen LogP contribution in [0.2, 0.25) is 0 Å².